The number of rotatable bonds is 4. The minimum absolute atomic E-state index is 0. The molecule has 6 aromatic carbocycles. The van der Waals surface area contributed by atoms with Crippen LogP contribution in [-0.2, 0) is 23.4 Å². The average molecular weight is 941 g/mol. The van der Waals surface area contributed by atoms with Gasteiger partial charge in [-0.1, -0.05) is 84.9 Å². The fraction of sp³-hybridized carbons (Fsp3) is 0.241. The second kappa shape index (κ2) is 20.9. The summed E-state index contributed by atoms with van der Waals surface area (Å²) in [6.07, 6.45) is 4.51. The number of benzene rings is 6. The zero-order valence-corrected chi connectivity index (χ0v) is 38.7. The predicted octanol–water partition coefficient (Wildman–Crippen LogP) is 10.2. The lowest BCUT2D eigenvalue weighted by Crippen LogP contribution is -2.45. The van der Waals surface area contributed by atoms with Crippen LogP contribution in [0.1, 0.15) is 35.1 Å². The van der Waals surface area contributed by atoms with Crippen LogP contribution in [0.4, 0.5) is 11.4 Å². The molecule has 5 unspecified atom stereocenters. The van der Waals surface area contributed by atoms with Crippen molar-refractivity contribution in [2.75, 3.05) is 27.3 Å². The van der Waals surface area contributed by atoms with Gasteiger partial charge in [0.25, 0.3) is 0 Å². The smallest absolute Gasteiger partial charge is 0.221 e. The number of guanidine groups is 1. The third kappa shape index (κ3) is 10.0. The summed E-state index contributed by atoms with van der Waals surface area (Å²) in [6.45, 7) is 15.7. The van der Waals surface area contributed by atoms with Crippen LogP contribution < -0.4 is 30.2 Å². The number of nitrogens with zero attached hydrogens (tertiary/aromatic N) is 6. The Hall–Kier alpha value is -7.90. The Morgan fingerprint density at radius 2 is 1.26 bits per heavy atom. The first-order valence-corrected chi connectivity index (χ1v) is 22.3. The molecule has 11 rings (SSSR count). The van der Waals surface area contributed by atoms with E-state index in [4.69, 9.17) is 52.9 Å². The quantitative estimate of drug-likeness (QED) is 0.0880. The number of halogens is 1. The number of ether oxygens (including phenoxy) is 4. The Morgan fingerprint density at radius 1 is 0.725 bits per heavy atom. The SMILES string of the molecule is CNO.Cl.[C-]#[N+]c1cccc(-c2ccc3c(c2)C(=NC#N)CC(C2COc4ccccc4C2)O3)c1.[C-]#[N+]c1cccc(-c2ccc3c(c2)C2(CC(C4COc5ccccc5C4)O3)N=C(N)N(C)O2)c1. The third-order valence-electron chi connectivity index (χ3n) is 12.7. The van der Waals surface area contributed by atoms with E-state index in [0.29, 0.717) is 43.4 Å². The lowest BCUT2D eigenvalue weighted by Gasteiger charge is -2.41. The van der Waals surface area contributed by atoms with E-state index in [2.05, 4.69) is 26.8 Å². The van der Waals surface area contributed by atoms with Crippen LogP contribution in [0.2, 0.25) is 0 Å². The minimum atomic E-state index is -0.971. The number of aliphatic imine (C=N–C) groups is 2. The Kier molecular flexibility index (Phi) is 14.4. The molecule has 0 radical (unpaired) electrons. The second-order valence-electron chi connectivity index (χ2n) is 17.0. The van der Waals surface area contributed by atoms with Crippen LogP contribution in [0.5, 0.6) is 23.0 Å². The van der Waals surface area contributed by atoms with Crippen molar-refractivity contribution in [1.82, 2.24) is 10.5 Å². The molecule has 14 nitrogen and oxygen atoms in total. The van der Waals surface area contributed by atoms with E-state index in [1.54, 1.807) is 24.7 Å². The van der Waals surface area contributed by atoms with Crippen molar-refractivity contribution < 1.29 is 29.0 Å². The van der Waals surface area contributed by atoms with Gasteiger partial charge < -0.3 is 29.9 Å². The van der Waals surface area contributed by atoms with Gasteiger partial charge in [0.1, 0.15) is 35.2 Å². The highest BCUT2D eigenvalue weighted by molar-refractivity contribution is 6.05. The highest BCUT2D eigenvalue weighted by Gasteiger charge is 2.51. The monoisotopic (exact) mass is 940 g/mol. The van der Waals surface area contributed by atoms with E-state index in [0.717, 1.165) is 74.9 Å². The van der Waals surface area contributed by atoms with Gasteiger partial charge in [0.05, 0.1) is 37.6 Å². The summed E-state index contributed by atoms with van der Waals surface area (Å²) in [5.74, 6) is 4.00. The Morgan fingerprint density at radius 3 is 1.83 bits per heavy atom. The predicted molar refractivity (Wildman–Crippen MR) is 265 cm³/mol. The van der Waals surface area contributed by atoms with Crippen LogP contribution in [0.25, 0.3) is 31.9 Å². The van der Waals surface area contributed by atoms with Crippen molar-refractivity contribution >= 4 is 35.5 Å². The summed E-state index contributed by atoms with van der Waals surface area (Å²) in [6, 6.07) is 43.2. The summed E-state index contributed by atoms with van der Waals surface area (Å²) in [4.78, 5) is 22.3. The number of hydrogen-bond acceptors (Lipinski definition) is 12. The van der Waals surface area contributed by atoms with Gasteiger partial charge in [-0.3, -0.25) is 0 Å². The first-order chi connectivity index (χ1) is 33.2. The van der Waals surface area contributed by atoms with Gasteiger partial charge in [-0.25, -0.2) is 30.1 Å². The standard InChI is InChI=1S/C27H24N4O3.C26H19N3O2.CH5NO.ClH/c1-29-21-8-5-7-17(13-21)18-10-11-24-22(14-18)27(30-26(28)31(2)34-27)15-25(33-24)20-12-19-6-3-4-9-23(19)32-16-20;1-28-21-7-4-6-17(12-21)18-9-10-25-22(13-18)23(29-16-27)14-26(31-25)20-11-19-5-2-3-8-24(19)30-15-20;1-2-3;/h3-11,13-14,20,25H,12,15-16H2,2H3,(H2,28,30);2-10,12-13,20,26H,11,14-15H2;2-3H,1H3;1H. The molecule has 0 saturated heterocycles. The van der Waals surface area contributed by atoms with E-state index in [1.165, 1.54) is 23.2 Å². The summed E-state index contributed by atoms with van der Waals surface area (Å²) in [5, 5.41) is 18.1. The molecule has 0 amide bonds. The third-order valence-corrected chi connectivity index (χ3v) is 12.7. The van der Waals surface area contributed by atoms with Gasteiger partial charge in [-0.2, -0.15) is 10.3 Å². The van der Waals surface area contributed by atoms with Crippen LogP contribution in [0.3, 0.4) is 0 Å². The van der Waals surface area contributed by atoms with Gasteiger partial charge in [0, 0.05) is 44.3 Å². The number of hydroxylamine groups is 3. The summed E-state index contributed by atoms with van der Waals surface area (Å²) in [5.41, 5.74) is 16.7. The molecule has 348 valence electrons. The van der Waals surface area contributed by atoms with Crippen molar-refractivity contribution in [3.63, 3.8) is 0 Å². The maximum absolute atomic E-state index is 9.29. The normalized spacial score (nSPS) is 21.7. The van der Waals surface area contributed by atoms with E-state index in [1.807, 2.05) is 115 Å². The van der Waals surface area contributed by atoms with Crippen molar-refractivity contribution in [2.24, 2.45) is 27.6 Å². The largest absolute Gasteiger partial charge is 0.493 e. The van der Waals surface area contributed by atoms with Crippen molar-refractivity contribution in [3.8, 4) is 51.4 Å². The van der Waals surface area contributed by atoms with Crippen LogP contribution >= 0.6 is 12.4 Å². The number of para-hydroxylation sites is 2. The molecule has 5 aliphatic rings. The molecule has 0 bridgehead atoms. The van der Waals surface area contributed by atoms with E-state index in [-0.39, 0.29) is 36.5 Å². The molecular weight excluding hydrogens is 892 g/mol. The molecule has 0 aromatic heterocycles. The number of fused-ring (bicyclic) bond motifs is 5. The first-order valence-electron chi connectivity index (χ1n) is 22.3. The van der Waals surface area contributed by atoms with Gasteiger partial charge in [-0.05, 0) is 94.8 Å². The molecule has 5 heterocycles. The molecule has 6 aromatic rings. The summed E-state index contributed by atoms with van der Waals surface area (Å²) >= 11 is 0. The van der Waals surface area contributed by atoms with E-state index in [9.17, 15) is 5.26 Å². The van der Waals surface area contributed by atoms with E-state index >= 15 is 0 Å². The fourth-order valence-electron chi connectivity index (χ4n) is 9.37. The molecule has 15 heteroatoms. The molecule has 0 fully saturated rings. The highest BCUT2D eigenvalue weighted by Crippen LogP contribution is 2.49. The first kappa shape index (κ1) is 47.6. The summed E-state index contributed by atoms with van der Waals surface area (Å²) in [7, 11) is 3.20. The Labute approximate surface area is 407 Å². The molecule has 5 aliphatic heterocycles. The topological polar surface area (TPSA) is 165 Å². The van der Waals surface area contributed by atoms with Crippen molar-refractivity contribution in [1.29, 1.82) is 5.26 Å². The van der Waals surface area contributed by atoms with Crippen molar-refractivity contribution in [2.45, 2.75) is 43.6 Å². The summed E-state index contributed by atoms with van der Waals surface area (Å²) < 4.78 is 24.9. The van der Waals surface area contributed by atoms with Gasteiger partial charge in [0.2, 0.25) is 17.9 Å². The molecule has 0 saturated carbocycles. The van der Waals surface area contributed by atoms with E-state index < -0.39 is 5.72 Å². The Balaban J connectivity index is 0.000000174. The Bertz CT molecular complexity index is 3050. The lowest BCUT2D eigenvalue weighted by molar-refractivity contribution is -0.195. The molecule has 5 atom stereocenters. The zero-order chi connectivity index (χ0) is 47.2. The molecule has 0 aliphatic carbocycles. The van der Waals surface area contributed by atoms with Gasteiger partial charge in [-0.15, -0.1) is 12.4 Å². The number of nitriles is 1. The number of nitrogens with one attached hydrogen (secondary N) is 1. The van der Waals surface area contributed by atoms with Crippen LogP contribution in [0.15, 0.2) is 143 Å². The highest BCUT2D eigenvalue weighted by atomic mass is 35.5. The second-order valence-corrected chi connectivity index (χ2v) is 17.0. The molecule has 69 heavy (non-hydrogen) atoms. The van der Waals surface area contributed by atoms with Crippen molar-refractivity contribution in [3.05, 3.63) is 179 Å². The molecule has 1 spiro atoms. The maximum Gasteiger partial charge on any atom is 0.221 e. The number of nitrogens with two attached hydrogens (primary N) is 1. The molecule has 4 N–H and O–H groups in total. The fourth-order valence-corrected chi connectivity index (χ4v) is 9.37. The number of hydrogen-bond donors (Lipinski definition) is 3. The minimum Gasteiger partial charge on any atom is -0.493 e. The van der Waals surface area contributed by atoms with Gasteiger partial charge >= 0.3 is 0 Å². The lowest BCUT2D eigenvalue weighted by atomic mass is 9.83. The maximum atomic E-state index is 9.29. The van der Waals surface area contributed by atoms with Crippen LogP contribution in [0, 0.1) is 36.4 Å². The molecular formula is C54H49ClN8O6. The van der Waals surface area contributed by atoms with Crippen LogP contribution in [-0.4, -0.2) is 61.5 Å². The zero-order valence-electron chi connectivity index (χ0n) is 37.9. The average Bonchev–Trinajstić information content (AvgIpc) is 3.67. The van der Waals surface area contributed by atoms with Gasteiger partial charge in [0.15, 0.2) is 11.4 Å².